The van der Waals surface area contributed by atoms with Crippen LogP contribution in [0.3, 0.4) is 0 Å². The molecule has 0 aliphatic carbocycles. The summed E-state index contributed by atoms with van der Waals surface area (Å²) in [5.41, 5.74) is 0.987. The van der Waals surface area contributed by atoms with E-state index in [1.165, 1.54) is 0 Å². The summed E-state index contributed by atoms with van der Waals surface area (Å²) < 4.78 is 5.64. The van der Waals surface area contributed by atoms with Gasteiger partial charge in [0.1, 0.15) is 11.5 Å². The molecule has 2 aromatic rings. The molecule has 3 nitrogen and oxygen atoms in total. The fourth-order valence-corrected chi connectivity index (χ4v) is 1.61. The molecule has 0 saturated heterocycles. The molecule has 0 unspecified atom stereocenters. The highest BCUT2D eigenvalue weighted by Gasteiger charge is 2.04. The Kier molecular flexibility index (Phi) is 3.81. The monoisotopic (exact) mass is 246 g/mol. The molecule has 0 fully saturated rings. The van der Waals surface area contributed by atoms with Crippen LogP contribution < -0.4 is 5.32 Å². The van der Waals surface area contributed by atoms with Crippen LogP contribution >= 0.6 is 11.6 Å². The van der Waals surface area contributed by atoms with E-state index in [-0.39, 0.29) is 0 Å². The van der Waals surface area contributed by atoms with Gasteiger partial charge in [0.05, 0.1) is 19.2 Å². The van der Waals surface area contributed by atoms with Crippen LogP contribution in [0.15, 0.2) is 40.8 Å². The number of nitriles is 1. The van der Waals surface area contributed by atoms with E-state index in [0.29, 0.717) is 18.1 Å². The molecule has 2 rings (SSSR count). The number of benzene rings is 1. The lowest BCUT2D eigenvalue weighted by Crippen LogP contribution is -2.12. The summed E-state index contributed by atoms with van der Waals surface area (Å²) >= 11 is 5.82. The maximum absolute atomic E-state index is 8.40. The molecule has 1 aromatic heterocycles. The van der Waals surface area contributed by atoms with Crippen molar-refractivity contribution in [1.82, 2.24) is 5.32 Å². The molecule has 0 amide bonds. The molecular weight excluding hydrogens is 236 g/mol. The Morgan fingerprint density at radius 3 is 2.65 bits per heavy atom. The third-order valence-corrected chi connectivity index (χ3v) is 2.55. The average molecular weight is 247 g/mol. The quantitative estimate of drug-likeness (QED) is 0.666. The molecule has 86 valence electrons. The van der Waals surface area contributed by atoms with E-state index in [2.05, 4.69) is 5.32 Å². The maximum atomic E-state index is 8.40. The highest BCUT2D eigenvalue weighted by atomic mass is 35.5. The molecule has 1 heterocycles. The highest BCUT2D eigenvalue weighted by molar-refractivity contribution is 6.30. The van der Waals surface area contributed by atoms with Crippen LogP contribution in [-0.4, -0.2) is 6.54 Å². The normalized spacial score (nSPS) is 10.1. The van der Waals surface area contributed by atoms with Gasteiger partial charge in [-0.25, -0.2) is 0 Å². The topological polar surface area (TPSA) is 49.0 Å². The first-order valence-corrected chi connectivity index (χ1v) is 5.60. The number of hydrogen-bond acceptors (Lipinski definition) is 3. The fraction of sp³-hybridized carbons (Fsp3) is 0.154. The van der Waals surface area contributed by atoms with Gasteiger partial charge in [0, 0.05) is 10.6 Å². The van der Waals surface area contributed by atoms with Crippen molar-refractivity contribution in [3.63, 3.8) is 0 Å². The van der Waals surface area contributed by atoms with Gasteiger partial charge in [-0.05, 0) is 36.4 Å². The smallest absolute Gasteiger partial charge is 0.134 e. The van der Waals surface area contributed by atoms with E-state index in [4.69, 9.17) is 21.3 Å². The molecule has 0 spiro atoms. The Morgan fingerprint density at radius 1 is 1.18 bits per heavy atom. The van der Waals surface area contributed by atoms with E-state index >= 15 is 0 Å². The Hall–Kier alpha value is -1.76. The lowest BCUT2D eigenvalue weighted by molar-refractivity contribution is 0.502. The zero-order valence-corrected chi connectivity index (χ0v) is 9.87. The van der Waals surface area contributed by atoms with E-state index in [1.807, 2.05) is 42.5 Å². The van der Waals surface area contributed by atoms with Crippen LogP contribution in [-0.2, 0) is 6.54 Å². The fourth-order valence-electron chi connectivity index (χ4n) is 1.48. The van der Waals surface area contributed by atoms with Crippen LogP contribution in [0, 0.1) is 11.3 Å². The average Bonchev–Trinajstić information content (AvgIpc) is 2.79. The van der Waals surface area contributed by atoms with E-state index in [9.17, 15) is 0 Å². The third-order valence-electron chi connectivity index (χ3n) is 2.29. The predicted molar refractivity (Wildman–Crippen MR) is 66.5 cm³/mol. The molecule has 0 radical (unpaired) electrons. The molecule has 1 N–H and O–H groups in total. The molecule has 0 bridgehead atoms. The van der Waals surface area contributed by atoms with Gasteiger partial charge in [-0.1, -0.05) is 11.6 Å². The van der Waals surface area contributed by atoms with E-state index in [1.54, 1.807) is 0 Å². The second kappa shape index (κ2) is 5.53. The Labute approximate surface area is 105 Å². The first-order valence-electron chi connectivity index (χ1n) is 5.22. The summed E-state index contributed by atoms with van der Waals surface area (Å²) in [6.45, 7) is 0.873. The molecule has 0 aliphatic rings. The van der Waals surface area contributed by atoms with Crippen molar-refractivity contribution in [2.75, 3.05) is 6.54 Å². The molecule has 0 saturated carbocycles. The zero-order valence-electron chi connectivity index (χ0n) is 9.11. The zero-order chi connectivity index (χ0) is 12.1. The third kappa shape index (κ3) is 3.10. The summed E-state index contributed by atoms with van der Waals surface area (Å²) in [6.07, 6.45) is 0. The minimum Gasteiger partial charge on any atom is -0.460 e. The number of nitrogens with one attached hydrogen (secondary N) is 1. The molecular formula is C13H11ClN2O. The van der Waals surface area contributed by atoms with Crippen molar-refractivity contribution >= 4 is 11.6 Å². The molecule has 4 heteroatoms. The first kappa shape index (κ1) is 11.7. The van der Waals surface area contributed by atoms with Crippen LogP contribution in [0.4, 0.5) is 0 Å². The Bertz CT molecular complexity index is 525. The number of furan rings is 1. The summed E-state index contributed by atoms with van der Waals surface area (Å²) in [7, 11) is 0. The largest absolute Gasteiger partial charge is 0.460 e. The SMILES string of the molecule is N#CCNCc1ccc(-c2ccc(Cl)cc2)o1. The second-order valence-electron chi connectivity index (χ2n) is 3.53. The van der Waals surface area contributed by atoms with Gasteiger partial charge in [-0.15, -0.1) is 0 Å². The van der Waals surface area contributed by atoms with Crippen LogP contribution in [0.25, 0.3) is 11.3 Å². The summed E-state index contributed by atoms with van der Waals surface area (Å²) in [6, 6.07) is 13.3. The number of rotatable bonds is 4. The maximum Gasteiger partial charge on any atom is 0.134 e. The lowest BCUT2D eigenvalue weighted by atomic mass is 10.2. The number of hydrogen-bond donors (Lipinski definition) is 1. The van der Waals surface area contributed by atoms with Crippen molar-refractivity contribution in [2.45, 2.75) is 6.54 Å². The summed E-state index contributed by atoms with van der Waals surface area (Å²) in [5, 5.41) is 12.1. The number of nitrogens with zero attached hydrogens (tertiary/aromatic N) is 1. The predicted octanol–water partition coefficient (Wildman–Crippen LogP) is 3.21. The molecule has 1 aromatic carbocycles. The van der Waals surface area contributed by atoms with Gasteiger partial charge in [-0.2, -0.15) is 5.26 Å². The van der Waals surface area contributed by atoms with Gasteiger partial charge in [0.25, 0.3) is 0 Å². The van der Waals surface area contributed by atoms with Crippen LogP contribution in [0.1, 0.15) is 5.76 Å². The van der Waals surface area contributed by atoms with Gasteiger partial charge >= 0.3 is 0 Å². The van der Waals surface area contributed by atoms with Crippen molar-refractivity contribution in [3.05, 3.63) is 47.2 Å². The second-order valence-corrected chi connectivity index (χ2v) is 3.97. The Morgan fingerprint density at radius 2 is 1.94 bits per heavy atom. The van der Waals surface area contributed by atoms with Gasteiger partial charge in [0.2, 0.25) is 0 Å². The van der Waals surface area contributed by atoms with Crippen molar-refractivity contribution in [1.29, 1.82) is 5.26 Å². The van der Waals surface area contributed by atoms with Gasteiger partial charge in [0.15, 0.2) is 0 Å². The molecule has 0 aliphatic heterocycles. The minimum atomic E-state index is 0.316. The van der Waals surface area contributed by atoms with E-state index in [0.717, 1.165) is 17.1 Å². The van der Waals surface area contributed by atoms with Crippen molar-refractivity contribution in [2.24, 2.45) is 0 Å². The van der Waals surface area contributed by atoms with Gasteiger partial charge < -0.3 is 4.42 Å². The van der Waals surface area contributed by atoms with Crippen molar-refractivity contribution in [3.8, 4) is 17.4 Å². The van der Waals surface area contributed by atoms with E-state index < -0.39 is 0 Å². The first-order chi connectivity index (χ1) is 8.29. The standard InChI is InChI=1S/C13H11ClN2O/c14-11-3-1-10(2-4-11)13-6-5-12(17-13)9-16-8-7-15/h1-6,16H,8-9H2. The van der Waals surface area contributed by atoms with Crippen LogP contribution in [0.2, 0.25) is 5.02 Å². The molecule has 17 heavy (non-hydrogen) atoms. The molecule has 0 atom stereocenters. The minimum absolute atomic E-state index is 0.316. The van der Waals surface area contributed by atoms with Crippen molar-refractivity contribution < 1.29 is 4.42 Å². The van der Waals surface area contributed by atoms with Gasteiger partial charge in [-0.3, -0.25) is 5.32 Å². The lowest BCUT2D eigenvalue weighted by Gasteiger charge is -1.98. The van der Waals surface area contributed by atoms with Crippen LogP contribution in [0.5, 0.6) is 0 Å². The number of halogens is 1. The summed E-state index contributed by atoms with van der Waals surface area (Å²) in [5.74, 6) is 1.61. The summed E-state index contributed by atoms with van der Waals surface area (Å²) in [4.78, 5) is 0. The Balaban J connectivity index is 2.08. The highest BCUT2D eigenvalue weighted by Crippen LogP contribution is 2.23.